The number of hydrogen-bond donors (Lipinski definition) is 4. The molecule has 0 aromatic heterocycles. The molecule has 128 valence electrons. The highest BCUT2D eigenvalue weighted by molar-refractivity contribution is 6.30. The maximum absolute atomic E-state index is 10.0. The van der Waals surface area contributed by atoms with Crippen LogP contribution in [-0.4, -0.2) is 15.2 Å². The van der Waals surface area contributed by atoms with E-state index in [1.54, 1.807) is 12.1 Å². The van der Waals surface area contributed by atoms with E-state index in [9.17, 15) is 10.2 Å². The Kier molecular flexibility index (Phi) is 5.59. The molecule has 2 rings (SSSR count). The topological polar surface area (TPSA) is 95.7 Å². The molecular weight excluding hydrogens is 326 g/mol. The highest BCUT2D eigenvalue weighted by atomic mass is 35.5. The molecule has 2 aromatic carbocycles. The van der Waals surface area contributed by atoms with Crippen LogP contribution in [-0.2, 0) is 6.54 Å². The smallest absolute Gasteiger partial charge is 0.128 e. The predicted molar refractivity (Wildman–Crippen MR) is 97.2 cm³/mol. The normalized spacial score (nSPS) is 11.8. The lowest BCUT2D eigenvalue weighted by Gasteiger charge is -2.17. The monoisotopic (exact) mass is 347 g/mol. The molecule has 0 unspecified atom stereocenters. The molecule has 0 aliphatic carbocycles. The van der Waals surface area contributed by atoms with Crippen LogP contribution < -0.4 is 11.6 Å². The Bertz CT molecular complexity index is 760. The van der Waals surface area contributed by atoms with Crippen LogP contribution in [0.1, 0.15) is 36.5 Å². The summed E-state index contributed by atoms with van der Waals surface area (Å²) in [6, 6.07) is 10.3. The zero-order valence-corrected chi connectivity index (χ0v) is 14.5. The molecule has 6 heteroatoms. The van der Waals surface area contributed by atoms with Gasteiger partial charge in [-0.25, -0.2) is 5.84 Å². The predicted octanol–water partition coefficient (Wildman–Crippen LogP) is 3.51. The summed E-state index contributed by atoms with van der Waals surface area (Å²) in [4.78, 5) is 0. The summed E-state index contributed by atoms with van der Waals surface area (Å²) in [5.74, 6) is 6.02. The van der Waals surface area contributed by atoms with Crippen LogP contribution in [0.5, 0.6) is 11.5 Å². The van der Waals surface area contributed by atoms with Crippen molar-refractivity contribution in [2.45, 2.75) is 26.3 Å². The summed E-state index contributed by atoms with van der Waals surface area (Å²) >= 11 is 5.96. The van der Waals surface area contributed by atoms with Crippen molar-refractivity contribution in [3.63, 3.8) is 0 Å². The van der Waals surface area contributed by atoms with E-state index >= 15 is 0 Å². The number of aromatic hydroxyl groups is 2. The summed E-state index contributed by atoms with van der Waals surface area (Å²) in [5.41, 5.74) is 8.45. The molecule has 0 amide bonds. The molecule has 0 radical (unpaired) electrons. The number of nitrogens with zero attached hydrogens (tertiary/aromatic N) is 1. The summed E-state index contributed by atoms with van der Waals surface area (Å²) in [7, 11) is 0. The van der Waals surface area contributed by atoms with Gasteiger partial charge < -0.3 is 21.0 Å². The fourth-order valence-electron chi connectivity index (χ4n) is 2.43. The van der Waals surface area contributed by atoms with Crippen molar-refractivity contribution in [3.05, 3.63) is 64.3 Å². The molecule has 0 aliphatic rings. The van der Waals surface area contributed by atoms with E-state index in [1.807, 2.05) is 32.0 Å². The first-order valence-electron chi connectivity index (χ1n) is 7.57. The number of hydrazine groups is 1. The van der Waals surface area contributed by atoms with Crippen LogP contribution in [0.4, 0.5) is 0 Å². The maximum atomic E-state index is 10.0. The SMILES string of the molecule is CC(C)c1cc(/C(N)=C/N(N)Cc2cccc(Cl)c2)c(O)cc1O. The van der Waals surface area contributed by atoms with E-state index in [4.69, 9.17) is 23.2 Å². The quantitative estimate of drug-likeness (QED) is 0.490. The summed E-state index contributed by atoms with van der Waals surface area (Å²) < 4.78 is 0. The van der Waals surface area contributed by atoms with Crippen molar-refractivity contribution in [2.24, 2.45) is 11.6 Å². The van der Waals surface area contributed by atoms with E-state index < -0.39 is 0 Å². The lowest BCUT2D eigenvalue weighted by atomic mass is 9.98. The molecule has 24 heavy (non-hydrogen) atoms. The first-order chi connectivity index (χ1) is 11.3. The molecule has 0 fully saturated rings. The van der Waals surface area contributed by atoms with E-state index in [2.05, 4.69) is 0 Å². The third-order valence-corrected chi connectivity index (χ3v) is 3.87. The van der Waals surface area contributed by atoms with Gasteiger partial charge in [0.25, 0.3) is 0 Å². The van der Waals surface area contributed by atoms with Gasteiger partial charge in [-0.05, 0) is 35.2 Å². The molecule has 0 spiro atoms. The van der Waals surface area contributed by atoms with Gasteiger partial charge in [-0.1, -0.05) is 37.6 Å². The highest BCUT2D eigenvalue weighted by Crippen LogP contribution is 2.34. The van der Waals surface area contributed by atoms with Crippen LogP contribution in [0.25, 0.3) is 5.70 Å². The zero-order valence-electron chi connectivity index (χ0n) is 13.7. The standard InChI is InChI=1S/C18H22ClN3O2/c1-11(2)14-7-15(18(24)8-17(14)23)16(20)10-22(21)9-12-4-3-5-13(19)6-12/h3-8,10-11,23-24H,9,20-21H2,1-2H3/b16-10-. The average molecular weight is 348 g/mol. The van der Waals surface area contributed by atoms with Gasteiger partial charge in [-0.3, -0.25) is 0 Å². The maximum Gasteiger partial charge on any atom is 0.128 e. The Morgan fingerprint density at radius 1 is 1.21 bits per heavy atom. The van der Waals surface area contributed by atoms with Gasteiger partial charge in [-0.15, -0.1) is 0 Å². The molecule has 0 saturated heterocycles. The van der Waals surface area contributed by atoms with Crippen molar-refractivity contribution >= 4 is 17.3 Å². The first-order valence-corrected chi connectivity index (χ1v) is 7.95. The van der Waals surface area contributed by atoms with Gasteiger partial charge in [0, 0.05) is 22.9 Å². The van der Waals surface area contributed by atoms with Crippen molar-refractivity contribution in [2.75, 3.05) is 0 Å². The minimum atomic E-state index is -0.0956. The van der Waals surface area contributed by atoms with E-state index in [0.29, 0.717) is 28.4 Å². The zero-order chi connectivity index (χ0) is 17.9. The second-order valence-electron chi connectivity index (χ2n) is 5.97. The van der Waals surface area contributed by atoms with E-state index in [-0.39, 0.29) is 17.4 Å². The Hall–Kier alpha value is -2.37. The fraction of sp³-hybridized carbons (Fsp3) is 0.222. The first kappa shape index (κ1) is 18.0. The van der Waals surface area contributed by atoms with Gasteiger partial charge in [-0.2, -0.15) is 0 Å². The third-order valence-electron chi connectivity index (χ3n) is 3.64. The molecule has 0 aliphatic heterocycles. The van der Waals surface area contributed by atoms with Crippen molar-refractivity contribution in [1.29, 1.82) is 0 Å². The van der Waals surface area contributed by atoms with Crippen LogP contribution >= 0.6 is 11.6 Å². The van der Waals surface area contributed by atoms with Crippen molar-refractivity contribution in [3.8, 4) is 11.5 Å². The summed E-state index contributed by atoms with van der Waals surface area (Å²) in [6.45, 7) is 4.31. The van der Waals surface area contributed by atoms with Crippen LogP contribution in [0.15, 0.2) is 42.6 Å². The number of hydrogen-bond acceptors (Lipinski definition) is 5. The molecule has 0 bridgehead atoms. The summed E-state index contributed by atoms with van der Waals surface area (Å²) in [6.07, 6.45) is 1.54. The minimum Gasteiger partial charge on any atom is -0.508 e. The number of rotatable bonds is 5. The minimum absolute atomic E-state index is 0.0441. The van der Waals surface area contributed by atoms with Crippen molar-refractivity contribution < 1.29 is 10.2 Å². The fourth-order valence-corrected chi connectivity index (χ4v) is 2.64. The number of phenolic OH excluding ortho intramolecular Hbond substituents is 2. The van der Waals surface area contributed by atoms with Crippen molar-refractivity contribution in [1.82, 2.24) is 5.01 Å². The number of benzene rings is 2. The van der Waals surface area contributed by atoms with Gasteiger partial charge in [0.2, 0.25) is 0 Å². The molecule has 6 N–H and O–H groups in total. The Morgan fingerprint density at radius 3 is 2.54 bits per heavy atom. The van der Waals surface area contributed by atoms with Gasteiger partial charge in [0.05, 0.1) is 12.2 Å². The van der Waals surface area contributed by atoms with Gasteiger partial charge in [0.15, 0.2) is 0 Å². The molecule has 0 heterocycles. The lowest BCUT2D eigenvalue weighted by Crippen LogP contribution is -2.25. The second-order valence-corrected chi connectivity index (χ2v) is 6.41. The Labute approximate surface area is 146 Å². The molecule has 5 nitrogen and oxygen atoms in total. The molecule has 2 aromatic rings. The number of halogens is 1. The van der Waals surface area contributed by atoms with Gasteiger partial charge >= 0.3 is 0 Å². The number of phenols is 2. The summed E-state index contributed by atoms with van der Waals surface area (Å²) in [5, 5.41) is 22.0. The average Bonchev–Trinajstić information content (AvgIpc) is 2.46. The molecule has 0 atom stereocenters. The second kappa shape index (κ2) is 7.47. The highest BCUT2D eigenvalue weighted by Gasteiger charge is 2.13. The lowest BCUT2D eigenvalue weighted by molar-refractivity contribution is 0.387. The third kappa shape index (κ3) is 4.34. The Balaban J connectivity index is 2.25. The molecule has 0 saturated carbocycles. The van der Waals surface area contributed by atoms with Crippen LogP contribution in [0.3, 0.4) is 0 Å². The van der Waals surface area contributed by atoms with Crippen LogP contribution in [0.2, 0.25) is 5.02 Å². The van der Waals surface area contributed by atoms with E-state index in [0.717, 1.165) is 5.56 Å². The van der Waals surface area contributed by atoms with E-state index in [1.165, 1.54) is 17.3 Å². The largest absolute Gasteiger partial charge is 0.508 e. The Morgan fingerprint density at radius 2 is 1.92 bits per heavy atom. The van der Waals surface area contributed by atoms with Gasteiger partial charge in [0.1, 0.15) is 11.5 Å². The molecular formula is C18H22ClN3O2. The number of nitrogens with two attached hydrogens (primary N) is 2. The van der Waals surface area contributed by atoms with Crippen LogP contribution in [0, 0.1) is 0 Å².